The van der Waals surface area contributed by atoms with Crippen LogP contribution in [-0.2, 0) is 26.2 Å². The molecule has 7 nitrogen and oxygen atoms in total. The van der Waals surface area contributed by atoms with E-state index >= 15 is 0 Å². The van der Waals surface area contributed by atoms with Gasteiger partial charge in [-0.2, -0.15) is 0 Å². The van der Waals surface area contributed by atoms with Crippen molar-refractivity contribution in [2.24, 2.45) is 0 Å². The first-order valence-electron chi connectivity index (χ1n) is 12.2. The maximum absolute atomic E-state index is 13.9. The van der Waals surface area contributed by atoms with Crippen molar-refractivity contribution >= 4 is 50.7 Å². The maximum atomic E-state index is 13.9. The first kappa shape index (κ1) is 29.5. The Hall–Kier alpha value is -3.07. The second kappa shape index (κ2) is 13.1. The third-order valence-electron chi connectivity index (χ3n) is 5.96. The fourth-order valence-corrected chi connectivity index (χ4v) is 5.97. The molecule has 0 aromatic heterocycles. The number of anilines is 1. The molecule has 0 saturated heterocycles. The quantitative estimate of drug-likeness (QED) is 0.330. The number of aryl methyl sites for hydroxylation is 1. The molecule has 0 saturated carbocycles. The summed E-state index contributed by atoms with van der Waals surface area (Å²) in [5.74, 6) is -0.849. The summed E-state index contributed by atoms with van der Waals surface area (Å²) < 4.78 is 28.5. The Labute approximate surface area is 234 Å². The highest BCUT2D eigenvalue weighted by atomic mass is 35.5. The number of nitrogens with zero attached hydrogens (tertiary/aromatic N) is 2. The van der Waals surface area contributed by atoms with Gasteiger partial charge in [-0.05, 0) is 56.2 Å². The molecule has 0 unspecified atom stereocenters. The van der Waals surface area contributed by atoms with Crippen LogP contribution < -0.4 is 9.62 Å². The SMILES string of the molecule is CCNC(=O)[C@@H](CC)N(Cc1ccc(C)cc1)C(=O)CN(c1cc(Cl)cc(Cl)c1)S(=O)(=O)c1ccccc1. The third kappa shape index (κ3) is 7.28. The van der Waals surface area contributed by atoms with E-state index in [0.717, 1.165) is 15.4 Å². The molecule has 0 heterocycles. The first-order valence-corrected chi connectivity index (χ1v) is 14.4. The van der Waals surface area contributed by atoms with Crippen LogP contribution in [0.1, 0.15) is 31.4 Å². The van der Waals surface area contributed by atoms with Crippen molar-refractivity contribution in [2.75, 3.05) is 17.4 Å². The molecule has 1 N–H and O–H groups in total. The van der Waals surface area contributed by atoms with E-state index in [1.54, 1.807) is 25.1 Å². The highest BCUT2D eigenvalue weighted by Gasteiger charge is 2.33. The molecule has 202 valence electrons. The standard InChI is InChI=1S/C28H31Cl2N3O4S/c1-4-26(28(35)31-5-2)32(18-21-13-11-20(3)12-14-21)27(34)19-33(24-16-22(29)15-23(30)17-24)38(36,37)25-9-7-6-8-10-25/h6-17,26H,4-5,18-19H2,1-3H3,(H,31,35)/t26-/m1/s1. The zero-order valence-corrected chi connectivity index (χ0v) is 23.9. The zero-order chi connectivity index (χ0) is 27.9. The van der Waals surface area contributed by atoms with Crippen LogP contribution >= 0.6 is 23.2 Å². The maximum Gasteiger partial charge on any atom is 0.264 e. The first-order chi connectivity index (χ1) is 18.1. The number of carbonyl (C=O) groups excluding carboxylic acids is 2. The molecule has 10 heteroatoms. The lowest BCUT2D eigenvalue weighted by Gasteiger charge is -2.33. The Morgan fingerprint density at radius 3 is 2.08 bits per heavy atom. The van der Waals surface area contributed by atoms with Gasteiger partial charge in [0.25, 0.3) is 10.0 Å². The van der Waals surface area contributed by atoms with Gasteiger partial charge in [0.15, 0.2) is 0 Å². The Morgan fingerprint density at radius 2 is 1.53 bits per heavy atom. The molecular weight excluding hydrogens is 545 g/mol. The largest absolute Gasteiger partial charge is 0.355 e. The summed E-state index contributed by atoms with van der Waals surface area (Å²) in [6, 6.07) is 19.0. The van der Waals surface area contributed by atoms with Gasteiger partial charge in [0.1, 0.15) is 12.6 Å². The molecule has 3 aromatic carbocycles. The van der Waals surface area contributed by atoms with Crippen molar-refractivity contribution < 1.29 is 18.0 Å². The van der Waals surface area contributed by atoms with E-state index in [1.807, 2.05) is 38.1 Å². The monoisotopic (exact) mass is 575 g/mol. The number of halogens is 2. The number of likely N-dealkylation sites (N-methyl/N-ethyl adjacent to an activating group) is 1. The molecule has 1 atom stereocenters. The molecule has 0 radical (unpaired) electrons. The minimum Gasteiger partial charge on any atom is -0.355 e. The number of rotatable bonds is 11. The molecule has 3 aromatic rings. The Bertz CT molecular complexity index is 1350. The Kier molecular flexibility index (Phi) is 10.2. The van der Waals surface area contributed by atoms with Gasteiger partial charge < -0.3 is 10.2 Å². The van der Waals surface area contributed by atoms with E-state index in [-0.39, 0.29) is 33.1 Å². The summed E-state index contributed by atoms with van der Waals surface area (Å²) in [7, 11) is -4.19. The van der Waals surface area contributed by atoms with Crippen LogP contribution in [0.5, 0.6) is 0 Å². The van der Waals surface area contributed by atoms with E-state index < -0.39 is 28.5 Å². The zero-order valence-electron chi connectivity index (χ0n) is 21.5. The molecular formula is C28H31Cl2N3O4S. The van der Waals surface area contributed by atoms with Crippen LogP contribution in [0, 0.1) is 6.92 Å². The van der Waals surface area contributed by atoms with E-state index in [0.29, 0.717) is 13.0 Å². The van der Waals surface area contributed by atoms with Crippen molar-refractivity contribution in [1.82, 2.24) is 10.2 Å². The molecule has 2 amide bonds. The average molecular weight is 577 g/mol. The fraction of sp³-hybridized carbons (Fsp3) is 0.286. The van der Waals surface area contributed by atoms with Gasteiger partial charge in [0.2, 0.25) is 11.8 Å². The minimum absolute atomic E-state index is 0.00440. The summed E-state index contributed by atoms with van der Waals surface area (Å²) in [6.07, 6.45) is 0.345. The second-order valence-corrected chi connectivity index (χ2v) is 11.5. The van der Waals surface area contributed by atoms with Crippen molar-refractivity contribution in [3.05, 3.63) is 94.0 Å². The van der Waals surface area contributed by atoms with E-state index in [1.165, 1.54) is 35.2 Å². The lowest BCUT2D eigenvalue weighted by Crippen LogP contribution is -2.52. The number of carbonyl (C=O) groups is 2. The molecule has 0 aliphatic carbocycles. The van der Waals surface area contributed by atoms with Crippen LogP contribution in [0.3, 0.4) is 0 Å². The van der Waals surface area contributed by atoms with Crippen molar-refractivity contribution in [3.63, 3.8) is 0 Å². The van der Waals surface area contributed by atoms with Crippen LogP contribution in [0.4, 0.5) is 5.69 Å². The van der Waals surface area contributed by atoms with Gasteiger partial charge >= 0.3 is 0 Å². The molecule has 0 fully saturated rings. The summed E-state index contributed by atoms with van der Waals surface area (Å²) in [5, 5.41) is 3.22. The topological polar surface area (TPSA) is 86.8 Å². The van der Waals surface area contributed by atoms with Gasteiger partial charge in [-0.15, -0.1) is 0 Å². The third-order valence-corrected chi connectivity index (χ3v) is 8.18. The lowest BCUT2D eigenvalue weighted by atomic mass is 10.1. The van der Waals surface area contributed by atoms with Gasteiger partial charge in [-0.25, -0.2) is 8.42 Å². The highest BCUT2D eigenvalue weighted by Crippen LogP contribution is 2.30. The Balaban J connectivity index is 2.07. The smallest absolute Gasteiger partial charge is 0.264 e. The highest BCUT2D eigenvalue weighted by molar-refractivity contribution is 7.92. The lowest BCUT2D eigenvalue weighted by molar-refractivity contribution is -0.140. The molecule has 3 rings (SSSR count). The number of benzene rings is 3. The summed E-state index contributed by atoms with van der Waals surface area (Å²) in [6.45, 7) is 5.54. The summed E-state index contributed by atoms with van der Waals surface area (Å²) >= 11 is 12.4. The number of amides is 2. The molecule has 0 spiro atoms. The van der Waals surface area contributed by atoms with Crippen LogP contribution in [-0.4, -0.2) is 44.3 Å². The molecule has 0 aliphatic heterocycles. The predicted molar refractivity (Wildman–Crippen MR) is 152 cm³/mol. The Morgan fingerprint density at radius 1 is 0.921 bits per heavy atom. The van der Waals surface area contributed by atoms with Crippen LogP contribution in [0.15, 0.2) is 77.7 Å². The van der Waals surface area contributed by atoms with Crippen molar-refractivity contribution in [1.29, 1.82) is 0 Å². The van der Waals surface area contributed by atoms with Gasteiger partial charge in [-0.1, -0.05) is 78.2 Å². The van der Waals surface area contributed by atoms with E-state index in [2.05, 4.69) is 5.32 Å². The molecule has 0 aliphatic rings. The van der Waals surface area contributed by atoms with Gasteiger partial charge in [-0.3, -0.25) is 13.9 Å². The van der Waals surface area contributed by atoms with Gasteiger partial charge in [0, 0.05) is 23.1 Å². The normalized spacial score (nSPS) is 12.0. The van der Waals surface area contributed by atoms with Gasteiger partial charge in [0.05, 0.1) is 10.6 Å². The number of sulfonamides is 1. The van der Waals surface area contributed by atoms with E-state index in [9.17, 15) is 18.0 Å². The predicted octanol–water partition coefficient (Wildman–Crippen LogP) is 5.44. The fourth-order valence-electron chi connectivity index (χ4n) is 4.03. The average Bonchev–Trinajstić information content (AvgIpc) is 2.88. The van der Waals surface area contributed by atoms with Crippen molar-refractivity contribution in [3.8, 4) is 0 Å². The summed E-state index contributed by atoms with van der Waals surface area (Å²) in [5.41, 5.74) is 2.01. The second-order valence-electron chi connectivity index (χ2n) is 8.78. The minimum atomic E-state index is -4.19. The molecule has 38 heavy (non-hydrogen) atoms. The number of nitrogens with one attached hydrogen (secondary N) is 1. The summed E-state index contributed by atoms with van der Waals surface area (Å²) in [4.78, 5) is 28.3. The van der Waals surface area contributed by atoms with Crippen molar-refractivity contribution in [2.45, 2.75) is 44.7 Å². The molecule has 0 bridgehead atoms. The number of hydrogen-bond acceptors (Lipinski definition) is 4. The van der Waals surface area contributed by atoms with E-state index in [4.69, 9.17) is 23.2 Å². The van der Waals surface area contributed by atoms with Crippen LogP contribution in [0.25, 0.3) is 0 Å². The van der Waals surface area contributed by atoms with Crippen LogP contribution in [0.2, 0.25) is 10.0 Å². The number of hydrogen-bond donors (Lipinski definition) is 1.